The number of hydrogen-bond acceptors (Lipinski definition) is 7. The molecule has 0 radical (unpaired) electrons. The van der Waals surface area contributed by atoms with E-state index < -0.39 is 26.5 Å². The van der Waals surface area contributed by atoms with Crippen molar-refractivity contribution in [3.8, 4) is 11.8 Å². The maximum Gasteiger partial charge on any atom is 0.326 e. The lowest BCUT2D eigenvalue weighted by molar-refractivity contribution is 0.0872. The summed E-state index contributed by atoms with van der Waals surface area (Å²) in [4.78, 5) is 26.4. The van der Waals surface area contributed by atoms with E-state index in [0.29, 0.717) is 73.1 Å². The molecule has 2 aliphatic rings. The van der Waals surface area contributed by atoms with Crippen LogP contribution in [-0.2, 0) is 26.5 Å². The maximum atomic E-state index is 15.1. The number of benzene rings is 3. The number of carbonyl (C=O) groups excluding carboxylic acids is 1. The Kier molecular flexibility index (Phi) is 10.9. The summed E-state index contributed by atoms with van der Waals surface area (Å²) in [6, 6.07) is 22.8. The highest BCUT2D eigenvalue weighted by molar-refractivity contribution is 7.88. The molecule has 10 nitrogen and oxygen atoms in total. The predicted molar refractivity (Wildman–Crippen MR) is 198 cm³/mol. The van der Waals surface area contributed by atoms with E-state index in [1.807, 2.05) is 106 Å². The third-order valence-corrected chi connectivity index (χ3v) is 11.1. The number of amidine groups is 1. The minimum Gasteiger partial charge on any atom is -0.493 e. The zero-order valence-electron chi connectivity index (χ0n) is 29.3. The van der Waals surface area contributed by atoms with Gasteiger partial charge in [0, 0.05) is 49.3 Å². The van der Waals surface area contributed by atoms with Crippen molar-refractivity contribution in [3.63, 3.8) is 0 Å². The first-order valence-corrected chi connectivity index (χ1v) is 19.3. The third-order valence-electron chi connectivity index (χ3n) is 9.90. The summed E-state index contributed by atoms with van der Waals surface area (Å²) in [6.45, 7) is 12.9. The van der Waals surface area contributed by atoms with Gasteiger partial charge in [-0.2, -0.15) is 5.26 Å². The molecule has 3 aromatic carbocycles. The first kappa shape index (κ1) is 37.6. The number of sulfonamides is 1. The average molecular weight is 740 g/mol. The Balaban J connectivity index is 1.66. The molecule has 1 fully saturated rings. The topological polar surface area (TPSA) is 118 Å². The van der Waals surface area contributed by atoms with Gasteiger partial charge in [0.05, 0.1) is 29.9 Å². The van der Waals surface area contributed by atoms with Crippen LogP contribution in [0.2, 0.25) is 10.0 Å². The van der Waals surface area contributed by atoms with E-state index >= 15 is 4.79 Å². The molecule has 5 rings (SSSR count). The molecule has 2 atom stereocenters. The van der Waals surface area contributed by atoms with Crippen LogP contribution in [0.3, 0.4) is 0 Å². The van der Waals surface area contributed by atoms with Crippen molar-refractivity contribution in [2.24, 2.45) is 4.99 Å². The average Bonchev–Trinajstić information content (AvgIpc) is 3.32. The minimum absolute atomic E-state index is 0.225. The van der Waals surface area contributed by atoms with Gasteiger partial charge in [-0.25, -0.2) is 17.9 Å². The number of amides is 2. The molecular weight excluding hydrogens is 695 g/mol. The van der Waals surface area contributed by atoms with Crippen LogP contribution in [0.4, 0.5) is 4.79 Å². The second-order valence-corrected chi connectivity index (χ2v) is 16.3. The molecule has 2 aliphatic heterocycles. The number of halogens is 2. The monoisotopic (exact) mass is 738 g/mol. The second kappa shape index (κ2) is 14.5. The molecule has 13 heteroatoms. The fourth-order valence-electron chi connectivity index (χ4n) is 6.70. The largest absolute Gasteiger partial charge is 0.493 e. The van der Waals surface area contributed by atoms with Crippen LogP contribution in [-0.4, -0.2) is 87.1 Å². The summed E-state index contributed by atoms with van der Waals surface area (Å²) < 4.78 is 31.9. The van der Waals surface area contributed by atoms with E-state index in [-0.39, 0.29) is 6.03 Å². The van der Waals surface area contributed by atoms with Gasteiger partial charge in [0.2, 0.25) is 10.0 Å². The molecule has 0 spiro atoms. The Morgan fingerprint density at radius 3 is 2.10 bits per heavy atom. The summed E-state index contributed by atoms with van der Waals surface area (Å²) in [5, 5.41) is 11.1. The Morgan fingerprint density at radius 1 is 0.980 bits per heavy atom. The molecule has 0 unspecified atom stereocenters. The Bertz CT molecular complexity index is 1910. The van der Waals surface area contributed by atoms with Crippen molar-refractivity contribution in [3.05, 3.63) is 99.0 Å². The normalized spacial score (nSPS) is 21.5. The molecular formula is C37H44Cl2N6O4S. The van der Waals surface area contributed by atoms with Crippen LogP contribution in [0.5, 0.6) is 5.75 Å². The molecule has 2 heterocycles. The number of nitrogens with zero attached hydrogens (tertiary/aromatic N) is 5. The molecule has 50 heavy (non-hydrogen) atoms. The molecule has 3 aromatic rings. The summed E-state index contributed by atoms with van der Waals surface area (Å²) >= 11 is 12.8. The first-order valence-electron chi connectivity index (χ1n) is 16.6. The highest BCUT2D eigenvalue weighted by atomic mass is 35.5. The molecule has 0 saturated carbocycles. The molecule has 1 N–H and O–H groups in total. The fraction of sp³-hybridized carbons (Fsp3) is 0.432. The lowest BCUT2D eigenvalue weighted by Gasteiger charge is -2.47. The second-order valence-electron chi connectivity index (χ2n) is 13.6. The summed E-state index contributed by atoms with van der Waals surface area (Å²) in [5.41, 5.74) is 0.245. The van der Waals surface area contributed by atoms with Crippen molar-refractivity contribution in [2.75, 3.05) is 52.1 Å². The standard InChI is InChI=1S/C37H44Cl2N6O4S/c1-7-49-32-24-28(35(2,3)25-40)12-17-31(32)33-42-36(4,26-8-13-29(38)14-9-26)37(5,27-10-15-30(39)16-11-27)45(33)34(46)44-22-20-43(21-23-44)19-18-41-50(6,47)48/h8-17,24,41H,7,18-23H2,1-6H3/t36-,37+/m0/s1. The summed E-state index contributed by atoms with van der Waals surface area (Å²) in [7, 11) is -3.29. The number of carbonyl (C=O) groups is 1. The van der Waals surface area contributed by atoms with Gasteiger partial charge < -0.3 is 9.64 Å². The van der Waals surface area contributed by atoms with Gasteiger partial charge in [-0.1, -0.05) is 53.5 Å². The highest BCUT2D eigenvalue weighted by Gasteiger charge is 2.60. The summed E-state index contributed by atoms with van der Waals surface area (Å²) in [5.74, 6) is 0.960. The van der Waals surface area contributed by atoms with Crippen molar-refractivity contribution in [1.29, 1.82) is 5.26 Å². The van der Waals surface area contributed by atoms with Crippen molar-refractivity contribution in [2.45, 2.75) is 51.1 Å². The van der Waals surface area contributed by atoms with E-state index in [4.69, 9.17) is 32.9 Å². The molecule has 0 bridgehead atoms. The van der Waals surface area contributed by atoms with Gasteiger partial charge in [0.1, 0.15) is 22.7 Å². The Labute approximate surface area is 305 Å². The molecule has 0 aromatic heterocycles. The molecule has 1 saturated heterocycles. The molecule has 2 amide bonds. The molecule has 0 aliphatic carbocycles. The number of hydrogen-bond donors (Lipinski definition) is 1. The lowest BCUT2D eigenvalue weighted by atomic mass is 9.71. The van der Waals surface area contributed by atoms with Gasteiger partial charge in [0.15, 0.2) is 0 Å². The quantitative estimate of drug-likeness (QED) is 0.258. The van der Waals surface area contributed by atoms with Crippen LogP contribution in [0, 0.1) is 11.3 Å². The number of nitriles is 1. The fourth-order valence-corrected chi connectivity index (χ4v) is 7.41. The van der Waals surface area contributed by atoms with E-state index in [9.17, 15) is 13.7 Å². The Morgan fingerprint density at radius 2 is 1.56 bits per heavy atom. The van der Waals surface area contributed by atoms with Crippen molar-refractivity contribution < 1.29 is 17.9 Å². The maximum absolute atomic E-state index is 15.1. The third kappa shape index (κ3) is 7.37. The van der Waals surface area contributed by atoms with E-state index in [1.165, 1.54) is 0 Å². The lowest BCUT2D eigenvalue weighted by Crippen LogP contribution is -2.61. The smallest absolute Gasteiger partial charge is 0.326 e. The van der Waals surface area contributed by atoms with Gasteiger partial charge in [0.25, 0.3) is 0 Å². The number of ether oxygens (including phenoxy) is 1. The van der Waals surface area contributed by atoms with Gasteiger partial charge in [-0.3, -0.25) is 14.8 Å². The zero-order valence-corrected chi connectivity index (χ0v) is 31.7. The number of urea groups is 1. The van der Waals surface area contributed by atoms with E-state index in [1.54, 1.807) is 4.90 Å². The van der Waals surface area contributed by atoms with Crippen molar-refractivity contribution in [1.82, 2.24) is 19.4 Å². The van der Waals surface area contributed by atoms with Crippen LogP contribution in [0.1, 0.15) is 56.9 Å². The van der Waals surface area contributed by atoms with Crippen LogP contribution >= 0.6 is 23.2 Å². The Hall–Kier alpha value is -3.66. The van der Waals surface area contributed by atoms with Gasteiger partial charge in [-0.05, 0) is 87.7 Å². The van der Waals surface area contributed by atoms with Gasteiger partial charge >= 0.3 is 6.03 Å². The van der Waals surface area contributed by atoms with Crippen LogP contribution in [0.25, 0.3) is 0 Å². The van der Waals surface area contributed by atoms with E-state index in [2.05, 4.69) is 15.7 Å². The predicted octanol–water partition coefficient (Wildman–Crippen LogP) is 6.37. The number of nitrogens with one attached hydrogen (secondary N) is 1. The molecule has 266 valence electrons. The SMILES string of the molecule is CCOc1cc(C(C)(C)C#N)ccc1C1=N[C@@](C)(c2ccc(Cl)cc2)[C@@](C)(c2ccc(Cl)cc2)N1C(=O)N1CCN(CCNS(C)(=O)=O)CC1. The minimum atomic E-state index is -3.29. The van der Waals surface area contributed by atoms with Crippen molar-refractivity contribution >= 4 is 45.1 Å². The van der Waals surface area contributed by atoms with Gasteiger partial charge in [-0.15, -0.1) is 0 Å². The zero-order chi connectivity index (χ0) is 36.5. The van der Waals surface area contributed by atoms with E-state index in [0.717, 1.165) is 22.9 Å². The number of piperazine rings is 1. The highest BCUT2D eigenvalue weighted by Crippen LogP contribution is 2.54. The first-order chi connectivity index (χ1) is 23.5. The number of rotatable bonds is 10. The van der Waals surface area contributed by atoms with Crippen LogP contribution < -0.4 is 9.46 Å². The van der Waals surface area contributed by atoms with Crippen LogP contribution in [0.15, 0.2) is 71.7 Å². The summed E-state index contributed by atoms with van der Waals surface area (Å²) in [6.07, 6.45) is 1.14. The number of aliphatic imine (C=N–C) groups is 1.